The molecule has 3 N–H and O–H groups in total. The van der Waals surface area contributed by atoms with Gasteiger partial charge >= 0.3 is 6.18 Å². The summed E-state index contributed by atoms with van der Waals surface area (Å²) in [5, 5.41) is 2.65. The number of hydrogen-bond acceptors (Lipinski definition) is 2. The molecule has 0 aliphatic heterocycles. The zero-order chi connectivity index (χ0) is 15.5. The second kappa shape index (κ2) is 6.47. The number of halogens is 3. The second-order valence-electron chi connectivity index (χ2n) is 5.60. The Kier molecular flexibility index (Phi) is 4.88. The van der Waals surface area contributed by atoms with Crippen LogP contribution in [0.3, 0.4) is 0 Å². The van der Waals surface area contributed by atoms with Crippen LogP contribution in [-0.2, 0) is 11.2 Å². The molecule has 2 atom stereocenters. The lowest BCUT2D eigenvalue weighted by Crippen LogP contribution is -2.28. The predicted molar refractivity (Wildman–Crippen MR) is 74.8 cm³/mol. The summed E-state index contributed by atoms with van der Waals surface area (Å²) >= 11 is 0. The van der Waals surface area contributed by atoms with E-state index >= 15 is 0 Å². The van der Waals surface area contributed by atoms with Gasteiger partial charge in [-0.25, -0.2) is 0 Å². The van der Waals surface area contributed by atoms with Gasteiger partial charge in [-0.1, -0.05) is 18.6 Å². The molecule has 0 radical (unpaired) electrons. The molecule has 0 unspecified atom stereocenters. The van der Waals surface area contributed by atoms with Crippen molar-refractivity contribution in [3.63, 3.8) is 0 Å². The summed E-state index contributed by atoms with van der Waals surface area (Å²) in [5.41, 5.74) is 6.44. The topological polar surface area (TPSA) is 55.1 Å². The lowest BCUT2D eigenvalue weighted by Gasteiger charge is -2.15. The quantitative estimate of drug-likeness (QED) is 0.897. The largest absolute Gasteiger partial charge is 0.393 e. The van der Waals surface area contributed by atoms with Gasteiger partial charge in [0.2, 0.25) is 5.91 Å². The minimum Gasteiger partial charge on any atom is -0.327 e. The highest BCUT2D eigenvalue weighted by Crippen LogP contribution is 2.27. The normalized spacial score (nSPS) is 22.3. The van der Waals surface area contributed by atoms with Gasteiger partial charge in [-0.2, -0.15) is 13.2 Å². The fourth-order valence-corrected chi connectivity index (χ4v) is 2.76. The van der Waals surface area contributed by atoms with Crippen LogP contribution in [0, 0.1) is 5.92 Å². The van der Waals surface area contributed by atoms with Crippen molar-refractivity contribution < 1.29 is 18.0 Å². The van der Waals surface area contributed by atoms with Crippen molar-refractivity contribution in [1.82, 2.24) is 0 Å². The molecule has 1 amide bonds. The third-order valence-corrected chi connectivity index (χ3v) is 3.78. The minimum absolute atomic E-state index is 0.0484. The first kappa shape index (κ1) is 15.8. The first-order chi connectivity index (χ1) is 9.83. The van der Waals surface area contributed by atoms with Gasteiger partial charge in [0.15, 0.2) is 0 Å². The molecule has 21 heavy (non-hydrogen) atoms. The summed E-state index contributed by atoms with van der Waals surface area (Å²) in [6.45, 7) is 0. The second-order valence-corrected chi connectivity index (χ2v) is 5.60. The molecule has 1 aliphatic carbocycles. The van der Waals surface area contributed by atoms with Crippen LogP contribution in [0.25, 0.3) is 0 Å². The van der Waals surface area contributed by atoms with Gasteiger partial charge in [0.05, 0.1) is 6.42 Å². The van der Waals surface area contributed by atoms with E-state index in [1.54, 1.807) is 6.07 Å². The molecule has 3 nitrogen and oxygen atoms in total. The summed E-state index contributed by atoms with van der Waals surface area (Å²) in [6, 6.07) is 5.91. The maximum atomic E-state index is 12.3. The molecule has 0 spiro atoms. The number of anilines is 1. The van der Waals surface area contributed by atoms with Crippen LogP contribution >= 0.6 is 0 Å². The molecule has 6 heteroatoms. The van der Waals surface area contributed by atoms with Crippen LogP contribution in [0.5, 0.6) is 0 Å². The van der Waals surface area contributed by atoms with Crippen LogP contribution in [-0.4, -0.2) is 18.1 Å². The van der Waals surface area contributed by atoms with E-state index in [2.05, 4.69) is 5.32 Å². The van der Waals surface area contributed by atoms with Crippen LogP contribution in [0.1, 0.15) is 31.2 Å². The molecular formula is C15H19F3N2O. The number of nitrogens with two attached hydrogens (primary N) is 1. The Balaban J connectivity index is 1.93. The Morgan fingerprint density at radius 3 is 2.71 bits per heavy atom. The zero-order valence-corrected chi connectivity index (χ0v) is 11.6. The standard InChI is InChI=1S/C15H19F3N2O/c16-15(17,18)9-10-3-1-5-12(7-10)20-14(21)8-11-4-2-6-13(11)19/h1,3,5,7,11,13H,2,4,6,8-9,19H2,(H,20,21)/t11-,13+/m0/s1. The number of nitrogens with one attached hydrogen (secondary N) is 1. The van der Waals surface area contributed by atoms with Crippen LogP contribution in [0.4, 0.5) is 18.9 Å². The average molecular weight is 300 g/mol. The highest BCUT2D eigenvalue weighted by Gasteiger charge is 2.28. The summed E-state index contributed by atoms with van der Waals surface area (Å²) in [6.07, 6.45) is -2.03. The molecule has 1 fully saturated rings. The molecule has 0 saturated heterocycles. The highest BCUT2D eigenvalue weighted by atomic mass is 19.4. The van der Waals surface area contributed by atoms with E-state index in [9.17, 15) is 18.0 Å². The lowest BCUT2D eigenvalue weighted by atomic mass is 10.00. The van der Waals surface area contributed by atoms with Crippen molar-refractivity contribution in [2.75, 3.05) is 5.32 Å². The molecular weight excluding hydrogens is 281 g/mol. The number of carbonyl (C=O) groups is 1. The fraction of sp³-hybridized carbons (Fsp3) is 0.533. The van der Waals surface area contributed by atoms with E-state index in [0.717, 1.165) is 19.3 Å². The number of alkyl halides is 3. The van der Waals surface area contributed by atoms with Crippen molar-refractivity contribution in [2.24, 2.45) is 11.7 Å². The number of amides is 1. The Morgan fingerprint density at radius 1 is 1.33 bits per heavy atom. The van der Waals surface area contributed by atoms with Crippen molar-refractivity contribution in [2.45, 2.75) is 44.3 Å². The van der Waals surface area contributed by atoms with Gasteiger partial charge in [-0.15, -0.1) is 0 Å². The van der Waals surface area contributed by atoms with Crippen molar-refractivity contribution in [1.29, 1.82) is 0 Å². The van der Waals surface area contributed by atoms with Gasteiger partial charge in [-0.05, 0) is 36.5 Å². The summed E-state index contributed by atoms with van der Waals surface area (Å²) in [4.78, 5) is 11.9. The number of rotatable bonds is 4. The van der Waals surface area contributed by atoms with Gasteiger partial charge in [0.25, 0.3) is 0 Å². The molecule has 0 bridgehead atoms. The monoisotopic (exact) mass is 300 g/mol. The molecule has 116 valence electrons. The molecule has 1 aliphatic rings. The Morgan fingerprint density at radius 2 is 2.10 bits per heavy atom. The summed E-state index contributed by atoms with van der Waals surface area (Å²) < 4.78 is 37.0. The SMILES string of the molecule is N[C@@H]1CCC[C@H]1CC(=O)Nc1cccc(CC(F)(F)F)c1. The third-order valence-electron chi connectivity index (χ3n) is 3.78. The Labute approximate surface area is 121 Å². The van der Waals surface area contributed by atoms with Crippen molar-refractivity contribution in [3.8, 4) is 0 Å². The van der Waals surface area contributed by atoms with Crippen molar-refractivity contribution in [3.05, 3.63) is 29.8 Å². The lowest BCUT2D eigenvalue weighted by molar-refractivity contribution is -0.127. The average Bonchev–Trinajstić information content (AvgIpc) is 2.73. The predicted octanol–water partition coefficient (Wildman–Crippen LogP) is 3.25. The van der Waals surface area contributed by atoms with E-state index in [0.29, 0.717) is 12.1 Å². The smallest absolute Gasteiger partial charge is 0.327 e. The maximum absolute atomic E-state index is 12.3. The van der Waals surface area contributed by atoms with Crippen LogP contribution < -0.4 is 11.1 Å². The summed E-state index contributed by atoms with van der Waals surface area (Å²) in [7, 11) is 0. The Bertz CT molecular complexity index is 502. The van der Waals surface area contributed by atoms with E-state index < -0.39 is 12.6 Å². The van der Waals surface area contributed by atoms with E-state index in [-0.39, 0.29) is 23.4 Å². The van der Waals surface area contributed by atoms with E-state index in [4.69, 9.17) is 5.73 Å². The third kappa shape index (κ3) is 5.04. The minimum atomic E-state index is -4.25. The molecule has 0 aromatic heterocycles. The van der Waals surface area contributed by atoms with Crippen LogP contribution in [0.2, 0.25) is 0 Å². The van der Waals surface area contributed by atoms with Gasteiger partial charge in [0.1, 0.15) is 0 Å². The maximum Gasteiger partial charge on any atom is 0.393 e. The highest BCUT2D eigenvalue weighted by molar-refractivity contribution is 5.91. The molecule has 1 aromatic rings. The van der Waals surface area contributed by atoms with Crippen molar-refractivity contribution >= 4 is 11.6 Å². The number of benzene rings is 1. The number of hydrogen-bond donors (Lipinski definition) is 2. The van der Waals surface area contributed by atoms with Gasteiger partial charge in [-0.3, -0.25) is 4.79 Å². The van der Waals surface area contributed by atoms with E-state index in [1.807, 2.05) is 0 Å². The molecule has 0 heterocycles. The first-order valence-corrected chi connectivity index (χ1v) is 7.04. The fourth-order valence-electron chi connectivity index (χ4n) is 2.76. The molecule has 1 saturated carbocycles. The molecule has 1 aromatic carbocycles. The van der Waals surface area contributed by atoms with Gasteiger partial charge in [0, 0.05) is 18.2 Å². The molecule has 2 rings (SSSR count). The van der Waals surface area contributed by atoms with Crippen LogP contribution in [0.15, 0.2) is 24.3 Å². The number of carbonyl (C=O) groups excluding carboxylic acids is 1. The van der Waals surface area contributed by atoms with E-state index in [1.165, 1.54) is 18.2 Å². The zero-order valence-electron chi connectivity index (χ0n) is 11.6. The first-order valence-electron chi connectivity index (χ1n) is 7.04. The summed E-state index contributed by atoms with van der Waals surface area (Å²) in [5.74, 6) is -0.0233. The Hall–Kier alpha value is -1.56. The van der Waals surface area contributed by atoms with Gasteiger partial charge < -0.3 is 11.1 Å².